The van der Waals surface area contributed by atoms with Crippen molar-refractivity contribution < 1.29 is 4.74 Å². The number of anilines is 1. The standard InChI is InChI=1S/C14H16N4OS/c1-19-10-4-2-3-9(7-10)8-12-11-5-6-16-13(11)18(17-12)14(15)20/h2-4,7,16H,5-6,8H2,1H3,(H2,15,20). The third kappa shape index (κ3) is 2.22. The average Bonchev–Trinajstić information content (AvgIpc) is 3.02. The van der Waals surface area contributed by atoms with Crippen molar-refractivity contribution in [3.05, 3.63) is 41.1 Å². The van der Waals surface area contributed by atoms with Gasteiger partial charge in [-0.25, -0.2) is 0 Å². The highest BCUT2D eigenvalue weighted by Gasteiger charge is 2.23. The van der Waals surface area contributed by atoms with Gasteiger partial charge in [0.05, 0.1) is 12.8 Å². The maximum absolute atomic E-state index is 5.71. The molecule has 1 aromatic heterocycles. The van der Waals surface area contributed by atoms with Crippen LogP contribution in [-0.4, -0.2) is 28.5 Å². The fourth-order valence-corrected chi connectivity index (χ4v) is 2.66. The first-order chi connectivity index (χ1) is 9.69. The van der Waals surface area contributed by atoms with Crippen LogP contribution in [0.4, 0.5) is 5.82 Å². The van der Waals surface area contributed by atoms with Crippen LogP contribution in [0.3, 0.4) is 0 Å². The first kappa shape index (κ1) is 12.9. The van der Waals surface area contributed by atoms with Crippen molar-refractivity contribution in [2.75, 3.05) is 19.0 Å². The van der Waals surface area contributed by atoms with Crippen LogP contribution in [0.2, 0.25) is 0 Å². The Morgan fingerprint density at radius 2 is 2.40 bits per heavy atom. The van der Waals surface area contributed by atoms with Crippen LogP contribution in [0.1, 0.15) is 16.8 Å². The molecule has 0 atom stereocenters. The predicted octanol–water partition coefficient (Wildman–Crippen LogP) is 1.54. The van der Waals surface area contributed by atoms with Crippen LogP contribution in [0.5, 0.6) is 5.75 Å². The highest BCUT2D eigenvalue weighted by molar-refractivity contribution is 7.80. The van der Waals surface area contributed by atoms with Gasteiger partial charge >= 0.3 is 0 Å². The molecule has 0 unspecified atom stereocenters. The van der Waals surface area contributed by atoms with Gasteiger partial charge in [0.2, 0.25) is 0 Å². The van der Waals surface area contributed by atoms with E-state index in [9.17, 15) is 0 Å². The Kier molecular flexibility index (Phi) is 3.31. The number of thiocarbonyl (C=S) groups is 1. The van der Waals surface area contributed by atoms with E-state index in [-0.39, 0.29) is 5.11 Å². The number of nitrogens with two attached hydrogens (primary N) is 1. The molecule has 1 aliphatic heterocycles. The number of ether oxygens (including phenoxy) is 1. The van der Waals surface area contributed by atoms with E-state index < -0.39 is 0 Å². The summed E-state index contributed by atoms with van der Waals surface area (Å²) in [4.78, 5) is 0. The summed E-state index contributed by atoms with van der Waals surface area (Å²) in [5, 5.41) is 8.09. The maximum Gasteiger partial charge on any atom is 0.193 e. The lowest BCUT2D eigenvalue weighted by atomic mass is 10.1. The van der Waals surface area contributed by atoms with Gasteiger partial charge in [0.1, 0.15) is 11.6 Å². The summed E-state index contributed by atoms with van der Waals surface area (Å²) in [5.74, 6) is 1.79. The van der Waals surface area contributed by atoms with Gasteiger partial charge in [-0.3, -0.25) is 0 Å². The van der Waals surface area contributed by atoms with Crippen molar-refractivity contribution in [2.45, 2.75) is 12.8 Å². The summed E-state index contributed by atoms with van der Waals surface area (Å²) >= 11 is 5.04. The molecule has 2 heterocycles. The lowest BCUT2D eigenvalue weighted by Gasteiger charge is -2.04. The average molecular weight is 288 g/mol. The van der Waals surface area contributed by atoms with Crippen LogP contribution in [-0.2, 0) is 12.8 Å². The molecular formula is C14H16N4OS. The van der Waals surface area contributed by atoms with Crippen molar-refractivity contribution in [1.82, 2.24) is 9.78 Å². The Morgan fingerprint density at radius 1 is 1.55 bits per heavy atom. The molecule has 0 saturated heterocycles. The molecule has 0 saturated carbocycles. The summed E-state index contributed by atoms with van der Waals surface area (Å²) in [6.45, 7) is 0.904. The van der Waals surface area contributed by atoms with Gasteiger partial charge in [-0.2, -0.15) is 9.78 Å². The highest BCUT2D eigenvalue weighted by Crippen LogP contribution is 2.27. The molecule has 3 rings (SSSR count). The minimum absolute atomic E-state index is 0.271. The molecule has 1 aliphatic rings. The molecule has 5 nitrogen and oxygen atoms in total. The third-order valence-corrected chi connectivity index (χ3v) is 3.62. The number of benzene rings is 1. The minimum Gasteiger partial charge on any atom is -0.497 e. The van der Waals surface area contributed by atoms with Crippen molar-refractivity contribution in [2.24, 2.45) is 5.73 Å². The number of nitrogens with one attached hydrogen (secondary N) is 1. The molecule has 0 fully saturated rings. The third-order valence-electron chi connectivity index (χ3n) is 3.45. The Labute approximate surface area is 122 Å². The number of nitrogens with zero attached hydrogens (tertiary/aromatic N) is 2. The van der Waals surface area contributed by atoms with Crippen LogP contribution >= 0.6 is 12.2 Å². The quantitative estimate of drug-likeness (QED) is 0.839. The van der Waals surface area contributed by atoms with E-state index >= 15 is 0 Å². The summed E-state index contributed by atoms with van der Waals surface area (Å²) in [5.41, 5.74) is 9.10. The summed E-state index contributed by atoms with van der Waals surface area (Å²) in [7, 11) is 1.67. The highest BCUT2D eigenvalue weighted by atomic mass is 32.1. The molecule has 3 N–H and O–H groups in total. The van der Waals surface area contributed by atoms with Gasteiger partial charge < -0.3 is 15.8 Å². The zero-order valence-electron chi connectivity index (χ0n) is 11.2. The first-order valence-corrected chi connectivity index (χ1v) is 6.87. The van der Waals surface area contributed by atoms with Crippen molar-refractivity contribution in [3.63, 3.8) is 0 Å². The van der Waals surface area contributed by atoms with E-state index in [0.29, 0.717) is 0 Å². The molecule has 0 radical (unpaired) electrons. The monoisotopic (exact) mass is 288 g/mol. The SMILES string of the molecule is COc1cccc(Cc2nn(C(N)=S)c3c2CCN3)c1. The Balaban J connectivity index is 1.95. The van der Waals surface area contributed by atoms with Gasteiger partial charge in [-0.15, -0.1) is 0 Å². The molecule has 20 heavy (non-hydrogen) atoms. The molecule has 0 aliphatic carbocycles. The van der Waals surface area contributed by atoms with Gasteiger partial charge in [-0.1, -0.05) is 12.1 Å². The van der Waals surface area contributed by atoms with Crippen molar-refractivity contribution >= 4 is 23.1 Å². The Bertz CT molecular complexity index is 665. The smallest absolute Gasteiger partial charge is 0.193 e. The van der Waals surface area contributed by atoms with E-state index in [1.54, 1.807) is 11.8 Å². The van der Waals surface area contributed by atoms with Gasteiger partial charge in [0.15, 0.2) is 5.11 Å². The number of methoxy groups -OCH3 is 1. The van der Waals surface area contributed by atoms with E-state index in [4.69, 9.17) is 22.7 Å². The largest absolute Gasteiger partial charge is 0.497 e. The number of hydrogen-bond acceptors (Lipinski definition) is 4. The van der Waals surface area contributed by atoms with Crippen LogP contribution in [0, 0.1) is 0 Å². The lowest BCUT2D eigenvalue weighted by molar-refractivity contribution is 0.414. The summed E-state index contributed by atoms with van der Waals surface area (Å²) < 4.78 is 6.87. The van der Waals surface area contributed by atoms with Crippen molar-refractivity contribution in [1.29, 1.82) is 0 Å². The van der Waals surface area contributed by atoms with Gasteiger partial charge in [0.25, 0.3) is 0 Å². The molecule has 104 valence electrons. The number of fused-ring (bicyclic) bond motifs is 1. The summed E-state index contributed by atoms with van der Waals surface area (Å²) in [6.07, 6.45) is 1.70. The Morgan fingerprint density at radius 3 is 3.15 bits per heavy atom. The second kappa shape index (κ2) is 5.13. The van der Waals surface area contributed by atoms with E-state index in [1.807, 2.05) is 18.2 Å². The lowest BCUT2D eigenvalue weighted by Crippen LogP contribution is -2.22. The zero-order chi connectivity index (χ0) is 14.1. The number of aromatic nitrogens is 2. The van der Waals surface area contributed by atoms with E-state index in [1.165, 1.54) is 5.56 Å². The van der Waals surface area contributed by atoms with E-state index in [0.717, 1.165) is 42.2 Å². The number of rotatable bonds is 3. The van der Waals surface area contributed by atoms with Crippen molar-refractivity contribution in [3.8, 4) is 5.75 Å². The zero-order valence-corrected chi connectivity index (χ0v) is 12.0. The second-order valence-corrected chi connectivity index (χ2v) is 5.15. The predicted molar refractivity (Wildman–Crippen MR) is 82.4 cm³/mol. The van der Waals surface area contributed by atoms with Crippen LogP contribution in [0.15, 0.2) is 24.3 Å². The molecule has 1 aromatic carbocycles. The fraction of sp³-hybridized carbons (Fsp3) is 0.286. The molecule has 0 spiro atoms. The molecule has 0 bridgehead atoms. The normalized spacial score (nSPS) is 12.8. The van der Waals surface area contributed by atoms with E-state index in [2.05, 4.69) is 16.5 Å². The Hall–Kier alpha value is -2.08. The maximum atomic E-state index is 5.71. The van der Waals surface area contributed by atoms with Crippen LogP contribution < -0.4 is 15.8 Å². The second-order valence-electron chi connectivity index (χ2n) is 4.73. The van der Waals surface area contributed by atoms with Crippen LogP contribution in [0.25, 0.3) is 0 Å². The molecular weight excluding hydrogens is 272 g/mol. The van der Waals surface area contributed by atoms with Gasteiger partial charge in [-0.05, 0) is 36.3 Å². The van der Waals surface area contributed by atoms with Gasteiger partial charge in [0, 0.05) is 18.5 Å². The number of hydrogen-bond donors (Lipinski definition) is 2. The topological polar surface area (TPSA) is 65.1 Å². The minimum atomic E-state index is 0.271. The molecule has 0 amide bonds. The molecule has 2 aromatic rings. The first-order valence-electron chi connectivity index (χ1n) is 6.46. The summed E-state index contributed by atoms with van der Waals surface area (Å²) in [6, 6.07) is 8.01. The molecule has 6 heteroatoms. The fourth-order valence-electron chi connectivity index (χ4n) is 2.52.